The fourth-order valence-corrected chi connectivity index (χ4v) is 2.87. The van der Waals surface area contributed by atoms with E-state index in [1.54, 1.807) is 7.11 Å². The highest BCUT2D eigenvalue weighted by molar-refractivity contribution is 7.99. The number of hydrogen-bond acceptors (Lipinski definition) is 3. The molecule has 1 atom stereocenters. The first-order valence-corrected chi connectivity index (χ1v) is 8.21. The number of ether oxygens (including phenoxy) is 1. The smallest absolute Gasteiger partial charge is 0.0462 e. The topological polar surface area (TPSA) is 21.3 Å². The third-order valence-electron chi connectivity index (χ3n) is 3.07. The lowest BCUT2D eigenvalue weighted by atomic mass is 10.1. The highest BCUT2D eigenvalue weighted by atomic mass is 32.2. The van der Waals surface area contributed by atoms with Gasteiger partial charge in [0, 0.05) is 24.7 Å². The van der Waals surface area contributed by atoms with Crippen LogP contribution in [0.3, 0.4) is 0 Å². The zero-order valence-electron chi connectivity index (χ0n) is 12.4. The van der Waals surface area contributed by atoms with Gasteiger partial charge in [-0.25, -0.2) is 0 Å². The molecule has 1 aromatic carbocycles. The number of methoxy groups -OCH3 is 1. The van der Waals surface area contributed by atoms with Crippen LogP contribution in [-0.2, 0) is 4.74 Å². The maximum atomic E-state index is 5.06. The summed E-state index contributed by atoms with van der Waals surface area (Å²) in [7, 11) is 1.77. The largest absolute Gasteiger partial charge is 0.385 e. The lowest BCUT2D eigenvalue weighted by molar-refractivity contribution is 0.194. The predicted octanol–water partition coefficient (Wildman–Crippen LogP) is 4.27. The molecule has 1 rings (SSSR count). The molecule has 0 amide bonds. The molecular weight excluding hydrogens is 254 g/mol. The molecule has 0 fully saturated rings. The van der Waals surface area contributed by atoms with Gasteiger partial charge in [0.2, 0.25) is 0 Å². The summed E-state index contributed by atoms with van der Waals surface area (Å²) in [6.07, 6.45) is 3.54. The van der Waals surface area contributed by atoms with Crippen molar-refractivity contribution in [2.75, 3.05) is 26.0 Å². The highest BCUT2D eigenvalue weighted by Crippen LogP contribution is 2.23. The molecule has 3 heteroatoms. The van der Waals surface area contributed by atoms with Crippen molar-refractivity contribution in [1.29, 1.82) is 0 Å². The quantitative estimate of drug-likeness (QED) is 0.511. The van der Waals surface area contributed by atoms with E-state index < -0.39 is 0 Å². The van der Waals surface area contributed by atoms with Crippen molar-refractivity contribution in [1.82, 2.24) is 5.32 Å². The average molecular weight is 281 g/mol. The van der Waals surface area contributed by atoms with Gasteiger partial charge in [0.25, 0.3) is 0 Å². The lowest BCUT2D eigenvalue weighted by Crippen LogP contribution is -2.19. The zero-order chi connectivity index (χ0) is 13.9. The van der Waals surface area contributed by atoms with Crippen molar-refractivity contribution in [2.45, 2.75) is 44.0 Å². The fourth-order valence-electron chi connectivity index (χ4n) is 1.89. The maximum Gasteiger partial charge on any atom is 0.0462 e. The van der Waals surface area contributed by atoms with Crippen LogP contribution in [0.5, 0.6) is 0 Å². The van der Waals surface area contributed by atoms with Crippen molar-refractivity contribution in [3.05, 3.63) is 29.8 Å². The van der Waals surface area contributed by atoms with Crippen LogP contribution < -0.4 is 5.32 Å². The van der Waals surface area contributed by atoms with E-state index in [1.807, 2.05) is 11.8 Å². The maximum absolute atomic E-state index is 5.06. The molecule has 0 aliphatic rings. The zero-order valence-corrected chi connectivity index (χ0v) is 13.3. The minimum atomic E-state index is 0.439. The van der Waals surface area contributed by atoms with Gasteiger partial charge in [0.1, 0.15) is 0 Å². The molecule has 0 aliphatic carbocycles. The summed E-state index contributed by atoms with van der Waals surface area (Å²) < 4.78 is 5.06. The second-order valence-corrected chi connectivity index (χ2v) is 5.96. The lowest BCUT2D eigenvalue weighted by Gasteiger charge is -2.14. The Morgan fingerprint density at radius 1 is 1.32 bits per heavy atom. The van der Waals surface area contributed by atoms with Crippen LogP contribution in [-0.4, -0.2) is 26.0 Å². The summed E-state index contributed by atoms with van der Waals surface area (Å²) in [6, 6.07) is 9.33. The van der Waals surface area contributed by atoms with Crippen molar-refractivity contribution in [3.63, 3.8) is 0 Å². The Balaban J connectivity index is 2.38. The van der Waals surface area contributed by atoms with Gasteiger partial charge in [-0.3, -0.25) is 0 Å². The molecule has 0 heterocycles. The first kappa shape index (κ1) is 16.5. The second kappa shape index (κ2) is 10.3. The van der Waals surface area contributed by atoms with E-state index >= 15 is 0 Å². The molecule has 1 aromatic rings. The standard InChI is InChI=1S/C16H27NOS/c1-4-10-17-14(2)15-8-7-9-16(13-15)19-12-6-5-11-18-3/h7-9,13-14,17H,4-6,10-12H2,1-3H3. The minimum Gasteiger partial charge on any atom is -0.385 e. The van der Waals surface area contributed by atoms with Crippen LogP contribution in [0.4, 0.5) is 0 Å². The van der Waals surface area contributed by atoms with Crippen LogP contribution in [0.2, 0.25) is 0 Å². The summed E-state index contributed by atoms with van der Waals surface area (Å²) >= 11 is 1.94. The number of benzene rings is 1. The van der Waals surface area contributed by atoms with E-state index in [9.17, 15) is 0 Å². The summed E-state index contributed by atoms with van der Waals surface area (Å²) in [5, 5.41) is 3.53. The second-order valence-electron chi connectivity index (χ2n) is 4.80. The number of unbranched alkanes of at least 4 members (excludes halogenated alkanes) is 1. The first-order valence-electron chi connectivity index (χ1n) is 7.23. The Kier molecular flexibility index (Phi) is 8.97. The molecule has 2 nitrogen and oxygen atoms in total. The number of hydrogen-bond donors (Lipinski definition) is 1. The molecule has 0 radical (unpaired) electrons. The van der Waals surface area contributed by atoms with Crippen LogP contribution >= 0.6 is 11.8 Å². The van der Waals surface area contributed by atoms with Crippen LogP contribution in [0.25, 0.3) is 0 Å². The monoisotopic (exact) mass is 281 g/mol. The van der Waals surface area contributed by atoms with Gasteiger partial charge in [-0.2, -0.15) is 0 Å². The summed E-state index contributed by atoms with van der Waals surface area (Å²) in [4.78, 5) is 1.38. The molecule has 0 saturated heterocycles. The van der Waals surface area contributed by atoms with E-state index in [0.29, 0.717) is 6.04 Å². The molecule has 1 N–H and O–H groups in total. The van der Waals surface area contributed by atoms with E-state index in [2.05, 4.69) is 43.4 Å². The molecule has 19 heavy (non-hydrogen) atoms. The first-order chi connectivity index (χ1) is 9.27. The Bertz CT molecular complexity index is 343. The van der Waals surface area contributed by atoms with E-state index in [1.165, 1.54) is 29.1 Å². The van der Waals surface area contributed by atoms with Gasteiger partial charge in [-0.15, -0.1) is 11.8 Å². The van der Waals surface area contributed by atoms with Crippen molar-refractivity contribution in [3.8, 4) is 0 Å². The van der Waals surface area contributed by atoms with E-state index in [0.717, 1.165) is 19.6 Å². The third kappa shape index (κ3) is 7.00. The van der Waals surface area contributed by atoms with Crippen LogP contribution in [0, 0.1) is 0 Å². The molecule has 0 saturated carbocycles. The normalized spacial score (nSPS) is 12.6. The molecule has 0 bridgehead atoms. The van der Waals surface area contributed by atoms with Gasteiger partial charge in [0.05, 0.1) is 0 Å². The SMILES string of the molecule is CCCNC(C)c1cccc(SCCCCOC)c1. The van der Waals surface area contributed by atoms with Gasteiger partial charge < -0.3 is 10.1 Å². The molecular formula is C16H27NOS. The van der Waals surface area contributed by atoms with Gasteiger partial charge >= 0.3 is 0 Å². The van der Waals surface area contributed by atoms with Crippen molar-refractivity contribution < 1.29 is 4.74 Å². The Morgan fingerprint density at radius 2 is 2.16 bits per heavy atom. The van der Waals surface area contributed by atoms with Gasteiger partial charge in [0.15, 0.2) is 0 Å². The average Bonchev–Trinajstić information content (AvgIpc) is 2.45. The van der Waals surface area contributed by atoms with E-state index in [-0.39, 0.29) is 0 Å². The fraction of sp³-hybridized carbons (Fsp3) is 0.625. The Morgan fingerprint density at radius 3 is 2.89 bits per heavy atom. The van der Waals surface area contributed by atoms with Crippen molar-refractivity contribution >= 4 is 11.8 Å². The number of nitrogens with one attached hydrogen (secondary N) is 1. The van der Waals surface area contributed by atoms with E-state index in [4.69, 9.17) is 4.74 Å². The van der Waals surface area contributed by atoms with Gasteiger partial charge in [-0.1, -0.05) is 19.1 Å². The number of thioether (sulfide) groups is 1. The summed E-state index contributed by atoms with van der Waals surface area (Å²) in [5.41, 5.74) is 1.38. The molecule has 108 valence electrons. The molecule has 1 unspecified atom stereocenters. The van der Waals surface area contributed by atoms with Crippen LogP contribution in [0.1, 0.15) is 44.7 Å². The summed E-state index contributed by atoms with van der Waals surface area (Å²) in [5.74, 6) is 1.17. The Labute approximate surface area is 122 Å². The number of rotatable bonds is 10. The predicted molar refractivity (Wildman–Crippen MR) is 85.0 cm³/mol. The molecule has 0 aliphatic heterocycles. The van der Waals surface area contributed by atoms with Gasteiger partial charge in [-0.05, 0) is 56.2 Å². The highest BCUT2D eigenvalue weighted by Gasteiger charge is 2.04. The molecule has 0 spiro atoms. The Hall–Kier alpha value is -0.510. The summed E-state index contributed by atoms with van der Waals surface area (Å²) in [6.45, 7) is 6.39. The minimum absolute atomic E-state index is 0.439. The van der Waals surface area contributed by atoms with Crippen LogP contribution in [0.15, 0.2) is 29.2 Å². The van der Waals surface area contributed by atoms with Crippen molar-refractivity contribution in [2.24, 2.45) is 0 Å². The molecule has 0 aromatic heterocycles. The third-order valence-corrected chi connectivity index (χ3v) is 4.15.